The summed E-state index contributed by atoms with van der Waals surface area (Å²) in [5, 5.41) is 2.95. The first kappa shape index (κ1) is 18.2. The molecule has 27 heavy (non-hydrogen) atoms. The van der Waals surface area contributed by atoms with Crippen LogP contribution in [-0.4, -0.2) is 35.0 Å². The number of hydrogen-bond donors (Lipinski definition) is 0. The van der Waals surface area contributed by atoms with E-state index in [0.29, 0.717) is 4.88 Å². The van der Waals surface area contributed by atoms with Crippen LogP contribution in [0.1, 0.15) is 33.6 Å². The SMILES string of the molecule is Cc1cccc(C)c1OC1CCN(C(=O)c2cnc(-c3cccs3)s2)CC1. The maximum absolute atomic E-state index is 12.8. The molecule has 1 aliphatic rings. The highest BCUT2D eigenvalue weighted by molar-refractivity contribution is 7.21. The number of nitrogens with zero attached hydrogens (tertiary/aromatic N) is 2. The number of ether oxygens (including phenoxy) is 1. The van der Waals surface area contributed by atoms with E-state index in [-0.39, 0.29) is 12.0 Å². The number of carbonyl (C=O) groups is 1. The highest BCUT2D eigenvalue weighted by atomic mass is 32.1. The molecule has 1 saturated heterocycles. The molecule has 0 aliphatic carbocycles. The van der Waals surface area contributed by atoms with Crippen LogP contribution >= 0.6 is 22.7 Å². The molecule has 4 nitrogen and oxygen atoms in total. The van der Waals surface area contributed by atoms with E-state index in [9.17, 15) is 4.79 Å². The highest BCUT2D eigenvalue weighted by Crippen LogP contribution is 2.30. The lowest BCUT2D eigenvalue weighted by Gasteiger charge is -2.32. The van der Waals surface area contributed by atoms with E-state index in [1.165, 1.54) is 22.5 Å². The first-order valence-electron chi connectivity index (χ1n) is 9.13. The average molecular weight is 399 g/mol. The van der Waals surface area contributed by atoms with Gasteiger partial charge in [-0.3, -0.25) is 4.79 Å². The normalized spacial score (nSPS) is 15.1. The molecule has 4 rings (SSSR count). The minimum atomic E-state index is 0.0841. The molecule has 0 unspecified atom stereocenters. The maximum Gasteiger partial charge on any atom is 0.265 e. The second kappa shape index (κ2) is 7.82. The standard InChI is InChI=1S/C21H22N2O2S2/c1-14-5-3-6-15(2)19(14)25-16-8-10-23(11-9-16)21(24)18-13-22-20(27-18)17-7-4-12-26-17/h3-7,12-13,16H,8-11H2,1-2H3. The van der Waals surface area contributed by atoms with E-state index in [2.05, 4.69) is 37.0 Å². The van der Waals surface area contributed by atoms with Gasteiger partial charge in [0.05, 0.1) is 11.1 Å². The fraction of sp³-hybridized carbons (Fsp3) is 0.333. The molecule has 0 bridgehead atoms. The third-order valence-electron chi connectivity index (χ3n) is 4.87. The summed E-state index contributed by atoms with van der Waals surface area (Å²) in [4.78, 5) is 21.0. The van der Waals surface area contributed by atoms with E-state index >= 15 is 0 Å². The van der Waals surface area contributed by atoms with Crippen LogP contribution in [0.2, 0.25) is 0 Å². The summed E-state index contributed by atoms with van der Waals surface area (Å²) in [6, 6.07) is 10.3. The van der Waals surface area contributed by atoms with Crippen LogP contribution in [0.15, 0.2) is 41.9 Å². The van der Waals surface area contributed by atoms with Gasteiger partial charge in [-0.05, 0) is 36.4 Å². The van der Waals surface area contributed by atoms with Gasteiger partial charge in [0.2, 0.25) is 0 Å². The molecule has 1 amide bonds. The number of piperidine rings is 1. The molecule has 1 aliphatic heterocycles. The van der Waals surface area contributed by atoms with Crippen molar-refractivity contribution in [3.63, 3.8) is 0 Å². The Morgan fingerprint density at radius 1 is 1.15 bits per heavy atom. The molecule has 0 N–H and O–H groups in total. The first-order valence-corrected chi connectivity index (χ1v) is 10.8. The summed E-state index contributed by atoms with van der Waals surface area (Å²) in [6.45, 7) is 5.60. The molecule has 140 valence electrons. The van der Waals surface area contributed by atoms with Crippen molar-refractivity contribution in [1.82, 2.24) is 9.88 Å². The Hall–Kier alpha value is -2.18. The van der Waals surface area contributed by atoms with Crippen molar-refractivity contribution in [2.75, 3.05) is 13.1 Å². The van der Waals surface area contributed by atoms with Gasteiger partial charge < -0.3 is 9.64 Å². The van der Waals surface area contributed by atoms with Crippen LogP contribution in [0, 0.1) is 13.8 Å². The number of rotatable bonds is 4. The minimum absolute atomic E-state index is 0.0841. The van der Waals surface area contributed by atoms with Crippen LogP contribution in [0.5, 0.6) is 5.75 Å². The Bertz CT molecular complexity index is 905. The topological polar surface area (TPSA) is 42.4 Å². The summed E-state index contributed by atoms with van der Waals surface area (Å²) in [5.74, 6) is 1.08. The molecule has 1 fully saturated rings. The zero-order valence-electron chi connectivity index (χ0n) is 15.5. The monoisotopic (exact) mass is 398 g/mol. The van der Waals surface area contributed by atoms with E-state index in [1.54, 1.807) is 17.5 Å². The van der Waals surface area contributed by atoms with Crippen molar-refractivity contribution >= 4 is 28.6 Å². The summed E-state index contributed by atoms with van der Waals surface area (Å²) in [7, 11) is 0. The van der Waals surface area contributed by atoms with Gasteiger partial charge in [0.25, 0.3) is 5.91 Å². The van der Waals surface area contributed by atoms with Gasteiger partial charge in [0.1, 0.15) is 21.7 Å². The van der Waals surface area contributed by atoms with Crippen LogP contribution < -0.4 is 4.74 Å². The van der Waals surface area contributed by atoms with Crippen molar-refractivity contribution in [2.24, 2.45) is 0 Å². The van der Waals surface area contributed by atoms with Crippen LogP contribution in [0.25, 0.3) is 9.88 Å². The quantitative estimate of drug-likeness (QED) is 0.609. The number of hydrogen-bond acceptors (Lipinski definition) is 5. The molecule has 0 atom stereocenters. The summed E-state index contributed by atoms with van der Waals surface area (Å²) < 4.78 is 6.26. The number of benzene rings is 1. The molecule has 1 aromatic carbocycles. The molecular formula is C21H22N2O2S2. The minimum Gasteiger partial charge on any atom is -0.490 e. The number of para-hydroxylation sites is 1. The van der Waals surface area contributed by atoms with Gasteiger partial charge in [-0.2, -0.15) is 0 Å². The van der Waals surface area contributed by atoms with Gasteiger partial charge >= 0.3 is 0 Å². The second-order valence-electron chi connectivity index (χ2n) is 6.84. The van der Waals surface area contributed by atoms with E-state index < -0.39 is 0 Å². The largest absolute Gasteiger partial charge is 0.490 e. The van der Waals surface area contributed by atoms with Gasteiger partial charge in [-0.25, -0.2) is 4.98 Å². The van der Waals surface area contributed by atoms with Crippen molar-refractivity contribution < 1.29 is 9.53 Å². The number of likely N-dealkylation sites (tertiary alicyclic amines) is 1. The lowest BCUT2D eigenvalue weighted by molar-refractivity contribution is 0.0597. The van der Waals surface area contributed by atoms with Crippen molar-refractivity contribution in [2.45, 2.75) is 32.8 Å². The molecule has 0 saturated carbocycles. The Morgan fingerprint density at radius 3 is 2.56 bits per heavy atom. The molecule has 3 aromatic rings. The molecular weight excluding hydrogens is 376 g/mol. The van der Waals surface area contributed by atoms with Crippen LogP contribution in [0.4, 0.5) is 0 Å². The van der Waals surface area contributed by atoms with Gasteiger partial charge in [-0.1, -0.05) is 24.3 Å². The Balaban J connectivity index is 1.37. The number of thiazole rings is 1. The number of thiophene rings is 1. The summed E-state index contributed by atoms with van der Waals surface area (Å²) in [5.41, 5.74) is 2.33. The molecule has 0 spiro atoms. The van der Waals surface area contributed by atoms with Gasteiger partial charge in [-0.15, -0.1) is 22.7 Å². The van der Waals surface area contributed by atoms with Gasteiger partial charge in [0, 0.05) is 25.9 Å². The second-order valence-corrected chi connectivity index (χ2v) is 8.82. The molecule has 2 aromatic heterocycles. The third-order valence-corrected chi connectivity index (χ3v) is 6.90. The summed E-state index contributed by atoms with van der Waals surface area (Å²) in [6.07, 6.45) is 3.59. The Kier molecular flexibility index (Phi) is 5.27. The van der Waals surface area contributed by atoms with E-state index in [0.717, 1.165) is 41.6 Å². The Labute approximate surface area is 167 Å². The number of amides is 1. The Morgan fingerprint density at radius 2 is 1.89 bits per heavy atom. The zero-order valence-corrected chi connectivity index (χ0v) is 17.1. The smallest absolute Gasteiger partial charge is 0.265 e. The van der Waals surface area contributed by atoms with Gasteiger partial charge in [0.15, 0.2) is 0 Å². The van der Waals surface area contributed by atoms with Crippen molar-refractivity contribution in [3.05, 3.63) is 57.9 Å². The number of carbonyl (C=O) groups excluding carboxylic acids is 1. The molecule has 3 heterocycles. The number of aryl methyl sites for hydroxylation is 2. The van der Waals surface area contributed by atoms with Crippen LogP contribution in [-0.2, 0) is 0 Å². The van der Waals surface area contributed by atoms with E-state index in [1.807, 2.05) is 22.4 Å². The van der Waals surface area contributed by atoms with Crippen molar-refractivity contribution in [1.29, 1.82) is 0 Å². The van der Waals surface area contributed by atoms with Crippen LogP contribution in [0.3, 0.4) is 0 Å². The first-order chi connectivity index (χ1) is 13.1. The van der Waals surface area contributed by atoms with Crippen molar-refractivity contribution in [3.8, 4) is 15.6 Å². The molecule has 6 heteroatoms. The summed E-state index contributed by atoms with van der Waals surface area (Å²) >= 11 is 3.12. The zero-order chi connectivity index (χ0) is 18.8. The third kappa shape index (κ3) is 3.92. The number of aromatic nitrogens is 1. The predicted molar refractivity (Wildman–Crippen MR) is 111 cm³/mol. The predicted octanol–water partition coefficient (Wildman–Crippen LogP) is 5.17. The lowest BCUT2D eigenvalue weighted by Crippen LogP contribution is -2.41. The maximum atomic E-state index is 12.8. The van der Waals surface area contributed by atoms with E-state index in [4.69, 9.17) is 4.74 Å². The lowest BCUT2D eigenvalue weighted by atomic mass is 10.1. The fourth-order valence-electron chi connectivity index (χ4n) is 3.37. The highest BCUT2D eigenvalue weighted by Gasteiger charge is 2.26. The average Bonchev–Trinajstić information content (AvgIpc) is 3.36. The molecule has 0 radical (unpaired) electrons. The fourth-order valence-corrected chi connectivity index (χ4v) is 5.06.